The van der Waals surface area contributed by atoms with Gasteiger partial charge in [-0.25, -0.2) is 0 Å². The zero-order chi connectivity index (χ0) is 28.2. The molecule has 1 aliphatic heterocycles. The van der Waals surface area contributed by atoms with Gasteiger partial charge in [0.05, 0.1) is 12.6 Å². The van der Waals surface area contributed by atoms with E-state index in [0.717, 1.165) is 16.2 Å². The van der Waals surface area contributed by atoms with E-state index in [2.05, 4.69) is 36.1 Å². The third-order valence-corrected chi connectivity index (χ3v) is 4.85. The molecule has 0 aromatic carbocycles. The second kappa shape index (κ2) is 14.7. The van der Waals surface area contributed by atoms with E-state index in [0.29, 0.717) is 17.4 Å². The quantitative estimate of drug-likeness (QED) is 0.617. The number of hydrogen-bond acceptors (Lipinski definition) is 6. The van der Waals surface area contributed by atoms with Crippen molar-refractivity contribution in [2.45, 2.75) is 65.7 Å². The van der Waals surface area contributed by atoms with Gasteiger partial charge in [0.25, 0.3) is 0 Å². The molecule has 2 N–H and O–H groups in total. The molecular formula is C25H33F3N6O3. The second-order valence-electron chi connectivity index (χ2n) is 8.55. The molecule has 2 aromatic heterocycles. The number of rotatable bonds is 5. The minimum atomic E-state index is -5.11. The number of nitrogens with one attached hydrogen (secondary N) is 2. The number of amides is 3. The van der Waals surface area contributed by atoms with Crippen LogP contribution in [0.25, 0.3) is 10.8 Å². The van der Waals surface area contributed by atoms with Crippen LogP contribution in [0.1, 0.15) is 59.1 Å². The summed E-state index contributed by atoms with van der Waals surface area (Å²) in [4.78, 5) is 45.1. The molecule has 1 fully saturated rings. The summed E-state index contributed by atoms with van der Waals surface area (Å²) in [6.45, 7) is 9.76. The highest BCUT2D eigenvalue weighted by molar-refractivity contribution is 5.92. The highest BCUT2D eigenvalue weighted by atomic mass is 19.4. The molecule has 1 saturated heterocycles. The van der Waals surface area contributed by atoms with Crippen molar-refractivity contribution in [1.29, 1.82) is 5.26 Å². The summed E-state index contributed by atoms with van der Waals surface area (Å²) in [7, 11) is 0. The molecule has 0 aliphatic carbocycles. The van der Waals surface area contributed by atoms with Crippen LogP contribution in [-0.4, -0.2) is 57.9 Å². The van der Waals surface area contributed by atoms with Crippen LogP contribution >= 0.6 is 0 Å². The van der Waals surface area contributed by atoms with Crippen LogP contribution in [0, 0.1) is 17.2 Å². The van der Waals surface area contributed by atoms with Crippen molar-refractivity contribution < 1.29 is 27.6 Å². The maximum atomic E-state index is 12.8. The molecule has 0 bridgehead atoms. The van der Waals surface area contributed by atoms with E-state index in [1.165, 1.54) is 17.7 Å². The molecule has 3 amide bonds. The smallest absolute Gasteiger partial charge is 0.339 e. The molecule has 0 spiro atoms. The number of nitrogens with zero attached hydrogens (tertiary/aromatic N) is 4. The van der Waals surface area contributed by atoms with E-state index in [1.54, 1.807) is 18.5 Å². The predicted octanol–water partition coefficient (Wildman–Crippen LogP) is 3.67. The molecule has 2 atom stereocenters. The molecule has 0 radical (unpaired) electrons. The Morgan fingerprint density at radius 1 is 1.16 bits per heavy atom. The van der Waals surface area contributed by atoms with Gasteiger partial charge in [-0.05, 0) is 24.8 Å². The Morgan fingerprint density at radius 2 is 1.81 bits per heavy atom. The molecule has 37 heavy (non-hydrogen) atoms. The summed E-state index contributed by atoms with van der Waals surface area (Å²) in [6.07, 6.45) is 1.74. The summed E-state index contributed by atoms with van der Waals surface area (Å²) < 4.78 is 36.9. The monoisotopic (exact) mass is 522 g/mol. The van der Waals surface area contributed by atoms with E-state index in [4.69, 9.17) is 0 Å². The van der Waals surface area contributed by atoms with Crippen molar-refractivity contribution in [2.75, 3.05) is 13.1 Å². The van der Waals surface area contributed by atoms with Gasteiger partial charge in [0.1, 0.15) is 12.1 Å². The first kappa shape index (κ1) is 31.3. The summed E-state index contributed by atoms with van der Waals surface area (Å²) in [6, 6.07) is 1.64. The van der Waals surface area contributed by atoms with Crippen LogP contribution in [0.4, 0.5) is 13.2 Å². The zero-order valence-electron chi connectivity index (χ0n) is 21.6. The van der Waals surface area contributed by atoms with Crippen LogP contribution in [0.15, 0.2) is 30.9 Å². The first-order valence-electron chi connectivity index (χ1n) is 12.0. The van der Waals surface area contributed by atoms with E-state index in [9.17, 15) is 32.8 Å². The number of likely N-dealkylation sites (tertiary alicyclic amines) is 1. The van der Waals surface area contributed by atoms with Gasteiger partial charge in [0.15, 0.2) is 0 Å². The van der Waals surface area contributed by atoms with Crippen molar-refractivity contribution in [3.63, 3.8) is 0 Å². The maximum Gasteiger partial charge on any atom is 0.471 e. The highest BCUT2D eigenvalue weighted by Gasteiger charge is 2.40. The topological polar surface area (TPSA) is 128 Å². The first-order valence-corrected chi connectivity index (χ1v) is 12.0. The van der Waals surface area contributed by atoms with Gasteiger partial charge in [0, 0.05) is 47.7 Å². The number of fused-ring (bicyclic) bond motifs is 1. The van der Waals surface area contributed by atoms with Crippen LogP contribution in [-0.2, 0) is 14.4 Å². The fourth-order valence-electron chi connectivity index (χ4n) is 3.37. The summed E-state index contributed by atoms with van der Waals surface area (Å²) >= 11 is 0. The lowest BCUT2D eigenvalue weighted by molar-refractivity contribution is -0.174. The Balaban J connectivity index is 0.00000104. The normalized spacial score (nSPS) is 15.5. The Hall–Kier alpha value is -3.75. The fourth-order valence-corrected chi connectivity index (χ4v) is 3.37. The van der Waals surface area contributed by atoms with Crippen molar-refractivity contribution in [2.24, 2.45) is 5.92 Å². The number of halogens is 3. The first-order chi connectivity index (χ1) is 17.5. The SMILES string of the molecule is CC.CC(C)C.N#CC(NC(=O)C1CCCN1C(=O)CNC(=O)C(F)(F)F)c1cncc2ccncc12. The predicted molar refractivity (Wildman–Crippen MR) is 132 cm³/mol. The largest absolute Gasteiger partial charge is 0.471 e. The van der Waals surface area contributed by atoms with Crippen LogP contribution in [0.5, 0.6) is 0 Å². The number of aromatic nitrogens is 2. The van der Waals surface area contributed by atoms with Crippen LogP contribution < -0.4 is 10.6 Å². The van der Waals surface area contributed by atoms with Gasteiger partial charge in [0.2, 0.25) is 11.8 Å². The molecule has 1 aliphatic rings. The van der Waals surface area contributed by atoms with Gasteiger partial charge >= 0.3 is 12.1 Å². The standard InChI is InChI=1S/C19H17F3N6O3.C4H10.C2H6/c20-19(21,22)18(31)26-10-16(29)28-5-1-2-15(28)17(30)27-14(6-23)13-9-25-7-11-3-4-24-8-12(11)13;1-4(2)3;1-2/h3-4,7-9,14-15H,1-2,5,10H2,(H,26,31)(H,27,30);4H,1-3H3;1-2H3. The molecule has 3 rings (SSSR count). The Morgan fingerprint density at radius 3 is 2.41 bits per heavy atom. The minimum Gasteiger partial charge on any atom is -0.339 e. The number of pyridine rings is 2. The molecular weight excluding hydrogens is 489 g/mol. The fraction of sp³-hybridized carbons (Fsp3) is 0.520. The second-order valence-corrected chi connectivity index (χ2v) is 8.55. The van der Waals surface area contributed by atoms with E-state index < -0.39 is 42.5 Å². The molecule has 3 heterocycles. The van der Waals surface area contributed by atoms with E-state index in [1.807, 2.05) is 19.9 Å². The van der Waals surface area contributed by atoms with Gasteiger partial charge in [-0.1, -0.05) is 34.6 Å². The molecule has 2 aromatic rings. The minimum absolute atomic E-state index is 0.149. The molecule has 0 saturated carbocycles. The Bertz CT molecular complexity index is 1090. The molecule has 9 nitrogen and oxygen atoms in total. The zero-order valence-corrected chi connectivity index (χ0v) is 21.6. The average Bonchev–Trinajstić information content (AvgIpc) is 3.36. The Kier molecular flexibility index (Phi) is 12.4. The maximum absolute atomic E-state index is 12.8. The van der Waals surface area contributed by atoms with E-state index >= 15 is 0 Å². The summed E-state index contributed by atoms with van der Waals surface area (Å²) in [5, 5.41) is 15.0. The number of carbonyl (C=O) groups excluding carboxylic acids is 3. The summed E-state index contributed by atoms with van der Waals surface area (Å²) in [5.74, 6) is -2.84. The lowest BCUT2D eigenvalue weighted by atomic mass is 10.0. The average molecular weight is 523 g/mol. The lowest BCUT2D eigenvalue weighted by Gasteiger charge is -2.25. The number of hydrogen-bond donors (Lipinski definition) is 2. The van der Waals surface area contributed by atoms with Crippen LogP contribution in [0.2, 0.25) is 0 Å². The van der Waals surface area contributed by atoms with Gasteiger partial charge < -0.3 is 15.5 Å². The van der Waals surface area contributed by atoms with Gasteiger partial charge in [-0.3, -0.25) is 24.4 Å². The van der Waals surface area contributed by atoms with Crippen molar-refractivity contribution in [3.8, 4) is 6.07 Å². The van der Waals surface area contributed by atoms with Crippen molar-refractivity contribution in [3.05, 3.63) is 36.4 Å². The lowest BCUT2D eigenvalue weighted by Crippen LogP contribution is -2.50. The van der Waals surface area contributed by atoms with Crippen molar-refractivity contribution >= 4 is 28.5 Å². The van der Waals surface area contributed by atoms with Gasteiger partial charge in [-0.2, -0.15) is 18.4 Å². The van der Waals surface area contributed by atoms with E-state index in [-0.39, 0.29) is 13.0 Å². The molecule has 12 heteroatoms. The number of alkyl halides is 3. The third-order valence-electron chi connectivity index (χ3n) is 4.85. The molecule has 2 unspecified atom stereocenters. The highest BCUT2D eigenvalue weighted by Crippen LogP contribution is 2.24. The Labute approximate surface area is 214 Å². The molecule has 202 valence electrons. The number of nitriles is 1. The van der Waals surface area contributed by atoms with Crippen molar-refractivity contribution in [1.82, 2.24) is 25.5 Å². The third kappa shape index (κ3) is 9.33. The number of carbonyl (C=O) groups is 3. The summed E-state index contributed by atoms with van der Waals surface area (Å²) in [5.41, 5.74) is 0.426. The van der Waals surface area contributed by atoms with Gasteiger partial charge in [-0.15, -0.1) is 0 Å². The van der Waals surface area contributed by atoms with Crippen LogP contribution in [0.3, 0.4) is 0 Å².